The normalized spacial score (nSPS) is 18.2. The van der Waals surface area contributed by atoms with Gasteiger partial charge in [-0.25, -0.2) is 0 Å². The molecule has 1 atom stereocenters. The van der Waals surface area contributed by atoms with Crippen molar-refractivity contribution in [3.63, 3.8) is 0 Å². The van der Waals surface area contributed by atoms with Crippen molar-refractivity contribution < 1.29 is 9.53 Å². The molecule has 0 radical (unpaired) electrons. The van der Waals surface area contributed by atoms with Gasteiger partial charge in [0.15, 0.2) is 5.17 Å². The van der Waals surface area contributed by atoms with Gasteiger partial charge in [-0.15, -0.1) is 5.10 Å². The number of nitrogens with zero attached hydrogens (tertiary/aromatic N) is 3. The topological polar surface area (TPSA) is 54.3 Å². The molecule has 0 saturated carbocycles. The monoisotopic (exact) mass is 473 g/mol. The quantitative estimate of drug-likeness (QED) is 0.376. The maximum atomic E-state index is 13.0. The van der Waals surface area contributed by atoms with Gasteiger partial charge in [-0.05, 0) is 41.8 Å². The first-order valence-corrected chi connectivity index (χ1v) is 11.3. The third-order valence-electron chi connectivity index (χ3n) is 4.56. The molecule has 1 fully saturated rings. The van der Waals surface area contributed by atoms with Crippen LogP contribution in [0.15, 0.2) is 63.2 Å². The molecule has 2 aromatic rings. The Hall–Kier alpha value is -2.12. The average Bonchev–Trinajstić information content (AvgIpc) is 3.03. The molecule has 1 saturated heterocycles. The van der Waals surface area contributed by atoms with Crippen molar-refractivity contribution in [2.24, 2.45) is 10.2 Å². The minimum Gasteiger partial charge on any atom is -0.497 e. The van der Waals surface area contributed by atoms with Gasteiger partial charge in [0.1, 0.15) is 5.75 Å². The molecule has 0 bridgehead atoms. The fourth-order valence-electron chi connectivity index (χ4n) is 2.91. The Morgan fingerprint density at radius 3 is 2.55 bits per heavy atom. The van der Waals surface area contributed by atoms with Crippen molar-refractivity contribution >= 4 is 45.0 Å². The first-order valence-electron chi connectivity index (χ1n) is 9.58. The number of hydrogen-bond donors (Lipinski definition) is 0. The van der Waals surface area contributed by atoms with Crippen LogP contribution >= 0.6 is 27.7 Å². The molecule has 5 nitrogen and oxygen atoms in total. The zero-order valence-corrected chi connectivity index (χ0v) is 18.9. The van der Waals surface area contributed by atoms with Gasteiger partial charge in [-0.1, -0.05) is 71.7 Å². The van der Waals surface area contributed by atoms with Crippen LogP contribution in [0.2, 0.25) is 0 Å². The van der Waals surface area contributed by atoms with E-state index < -0.39 is 0 Å². The van der Waals surface area contributed by atoms with Crippen LogP contribution in [0, 0.1) is 0 Å². The third-order valence-corrected chi connectivity index (χ3v) is 6.32. The summed E-state index contributed by atoms with van der Waals surface area (Å²) >= 11 is 4.93. The summed E-state index contributed by atoms with van der Waals surface area (Å²) in [5, 5.41) is 9.18. The van der Waals surface area contributed by atoms with E-state index in [0.717, 1.165) is 40.6 Å². The van der Waals surface area contributed by atoms with Crippen molar-refractivity contribution in [3.05, 3.63) is 64.1 Å². The zero-order chi connectivity index (χ0) is 20.6. The fraction of sp³-hybridized carbons (Fsp3) is 0.318. The van der Waals surface area contributed by atoms with E-state index in [1.165, 1.54) is 11.8 Å². The summed E-state index contributed by atoms with van der Waals surface area (Å²) in [5.74, 6) is 0.904. The van der Waals surface area contributed by atoms with E-state index >= 15 is 0 Å². The maximum Gasteiger partial charge on any atom is 0.242 e. The van der Waals surface area contributed by atoms with Gasteiger partial charge in [0.25, 0.3) is 0 Å². The minimum absolute atomic E-state index is 0.0881. The number of unbranched alkanes of at least 4 members (excludes halogenated alkanes) is 1. The standard InChI is InChI=1S/C22H24BrN3O2S/c1-3-4-5-20-21(27)26(15-17-8-12-19(28-2)13-9-17)22(29-20)25-24-14-16-6-10-18(23)11-7-16/h6-14,20H,3-5,15H2,1-2H3/b24-14+,25-22-. The number of ether oxygens (including phenoxy) is 1. The summed E-state index contributed by atoms with van der Waals surface area (Å²) in [6.07, 6.45) is 4.65. The zero-order valence-electron chi connectivity index (χ0n) is 16.5. The number of amidine groups is 1. The predicted molar refractivity (Wildman–Crippen MR) is 124 cm³/mol. The number of amides is 1. The van der Waals surface area contributed by atoms with E-state index in [0.29, 0.717) is 11.7 Å². The van der Waals surface area contributed by atoms with Gasteiger partial charge in [0, 0.05) is 4.47 Å². The van der Waals surface area contributed by atoms with Crippen LogP contribution in [-0.4, -0.2) is 34.5 Å². The van der Waals surface area contributed by atoms with Crippen LogP contribution in [0.5, 0.6) is 5.75 Å². The van der Waals surface area contributed by atoms with E-state index in [1.54, 1.807) is 18.2 Å². The van der Waals surface area contributed by atoms with Gasteiger partial charge >= 0.3 is 0 Å². The molecule has 1 aliphatic heterocycles. The number of methoxy groups -OCH3 is 1. The summed E-state index contributed by atoms with van der Waals surface area (Å²) in [6, 6.07) is 15.6. The summed E-state index contributed by atoms with van der Waals surface area (Å²) in [4.78, 5) is 14.7. The smallest absolute Gasteiger partial charge is 0.242 e. The van der Waals surface area contributed by atoms with Gasteiger partial charge in [-0.2, -0.15) is 5.10 Å². The molecular formula is C22H24BrN3O2S. The molecule has 0 spiro atoms. The first kappa shape index (κ1) is 21.6. The Labute approximate surface area is 184 Å². The molecule has 7 heteroatoms. The van der Waals surface area contributed by atoms with Crippen LogP contribution in [0.4, 0.5) is 0 Å². The molecule has 0 N–H and O–H groups in total. The average molecular weight is 474 g/mol. The molecular weight excluding hydrogens is 450 g/mol. The van der Waals surface area contributed by atoms with E-state index in [9.17, 15) is 4.79 Å². The van der Waals surface area contributed by atoms with E-state index in [1.807, 2.05) is 48.5 Å². The number of thioether (sulfide) groups is 1. The minimum atomic E-state index is -0.0881. The van der Waals surface area contributed by atoms with Crippen LogP contribution in [0.25, 0.3) is 0 Å². The molecule has 152 valence electrons. The molecule has 1 aliphatic rings. The molecule has 29 heavy (non-hydrogen) atoms. The second-order valence-corrected chi connectivity index (χ2v) is 8.79. The van der Waals surface area contributed by atoms with E-state index in [4.69, 9.17) is 4.74 Å². The number of carbonyl (C=O) groups excluding carboxylic acids is 1. The Morgan fingerprint density at radius 1 is 1.17 bits per heavy atom. The lowest BCUT2D eigenvalue weighted by Crippen LogP contribution is -2.31. The van der Waals surface area contributed by atoms with E-state index in [-0.39, 0.29) is 11.2 Å². The number of halogens is 1. The lowest BCUT2D eigenvalue weighted by atomic mass is 10.1. The molecule has 2 aromatic carbocycles. The number of rotatable bonds is 8. The molecule has 1 heterocycles. The molecule has 1 unspecified atom stereocenters. The first-order chi connectivity index (χ1) is 14.1. The summed E-state index contributed by atoms with van der Waals surface area (Å²) in [7, 11) is 1.64. The highest BCUT2D eigenvalue weighted by molar-refractivity contribution is 9.10. The van der Waals surface area contributed by atoms with Crippen molar-refractivity contribution in [3.8, 4) is 5.75 Å². The maximum absolute atomic E-state index is 13.0. The second-order valence-electron chi connectivity index (χ2n) is 6.70. The molecule has 0 aromatic heterocycles. The highest BCUT2D eigenvalue weighted by atomic mass is 79.9. The van der Waals surface area contributed by atoms with E-state index in [2.05, 4.69) is 33.1 Å². The van der Waals surface area contributed by atoms with Crippen LogP contribution in [0.3, 0.4) is 0 Å². The number of hydrogen-bond acceptors (Lipinski definition) is 5. The Bertz CT molecular complexity index is 882. The van der Waals surface area contributed by atoms with Crippen LogP contribution in [-0.2, 0) is 11.3 Å². The van der Waals surface area contributed by atoms with Gasteiger partial charge in [0.2, 0.25) is 5.91 Å². The Kier molecular flexibility index (Phi) is 7.89. The lowest BCUT2D eigenvalue weighted by Gasteiger charge is -2.16. The third kappa shape index (κ3) is 5.93. The number of carbonyl (C=O) groups is 1. The van der Waals surface area contributed by atoms with Gasteiger partial charge in [0.05, 0.1) is 25.1 Å². The predicted octanol–water partition coefficient (Wildman–Crippen LogP) is 5.48. The van der Waals surface area contributed by atoms with Gasteiger partial charge in [-0.3, -0.25) is 9.69 Å². The molecule has 0 aliphatic carbocycles. The largest absolute Gasteiger partial charge is 0.497 e. The van der Waals surface area contributed by atoms with Crippen molar-refractivity contribution in [1.29, 1.82) is 0 Å². The fourth-order valence-corrected chi connectivity index (χ4v) is 4.32. The highest BCUT2D eigenvalue weighted by Crippen LogP contribution is 2.32. The van der Waals surface area contributed by atoms with Crippen LogP contribution < -0.4 is 4.74 Å². The second kappa shape index (κ2) is 10.6. The molecule has 1 amide bonds. The lowest BCUT2D eigenvalue weighted by molar-refractivity contribution is -0.126. The summed E-state index contributed by atoms with van der Waals surface area (Å²) in [6.45, 7) is 2.61. The molecule has 3 rings (SSSR count). The van der Waals surface area contributed by atoms with Crippen molar-refractivity contribution in [2.45, 2.75) is 38.0 Å². The SMILES string of the molecule is CCCCC1S/C(=N\N=C\c2ccc(Br)cc2)N(Cc2ccc(OC)cc2)C1=O. The van der Waals surface area contributed by atoms with Crippen molar-refractivity contribution in [2.75, 3.05) is 7.11 Å². The van der Waals surface area contributed by atoms with Gasteiger partial charge < -0.3 is 4.74 Å². The Morgan fingerprint density at radius 2 is 1.90 bits per heavy atom. The van der Waals surface area contributed by atoms with Crippen molar-refractivity contribution in [1.82, 2.24) is 4.90 Å². The summed E-state index contributed by atoms with van der Waals surface area (Å²) in [5.41, 5.74) is 1.98. The Balaban J connectivity index is 1.78. The highest BCUT2D eigenvalue weighted by Gasteiger charge is 2.37. The number of benzene rings is 2. The van der Waals surface area contributed by atoms with Crippen LogP contribution in [0.1, 0.15) is 37.3 Å². The summed E-state index contributed by atoms with van der Waals surface area (Å²) < 4.78 is 6.23.